The second kappa shape index (κ2) is 2.32. The summed E-state index contributed by atoms with van der Waals surface area (Å²) >= 11 is 0. The van der Waals surface area contributed by atoms with Gasteiger partial charge in [0.05, 0.1) is 0 Å². The summed E-state index contributed by atoms with van der Waals surface area (Å²) in [5, 5.41) is 9.95. The van der Waals surface area contributed by atoms with E-state index in [0.717, 1.165) is 19.3 Å². The zero-order chi connectivity index (χ0) is 8.93. The zero-order valence-electron chi connectivity index (χ0n) is 7.71. The second-order valence-electron chi connectivity index (χ2n) is 4.57. The van der Waals surface area contributed by atoms with Gasteiger partial charge in [0.2, 0.25) is 0 Å². The number of carbonyl (C=O) groups is 1. The number of hydrogen-bond donors (Lipinski definition) is 1. The number of aliphatic hydroxyl groups is 1. The minimum Gasteiger partial charge on any atom is -0.382 e. The Kier molecular flexibility index (Phi) is 1.59. The van der Waals surface area contributed by atoms with Crippen molar-refractivity contribution < 1.29 is 9.90 Å². The Morgan fingerprint density at radius 3 is 2.83 bits per heavy atom. The molecule has 0 aromatic carbocycles. The Bertz CT molecular complexity index is 220. The SMILES string of the molecule is C[C@H]1C(=O)[C@](C)(O)[C@H]2CC[C@@H]1C2. The quantitative estimate of drug-likeness (QED) is 0.593. The molecule has 2 aliphatic carbocycles. The molecule has 0 unspecified atom stereocenters. The Morgan fingerprint density at radius 2 is 2.17 bits per heavy atom. The molecule has 2 rings (SSSR count). The Balaban J connectivity index is 2.33. The fourth-order valence-electron chi connectivity index (χ4n) is 2.86. The lowest BCUT2D eigenvalue weighted by molar-refractivity contribution is -0.150. The van der Waals surface area contributed by atoms with Gasteiger partial charge in [0, 0.05) is 5.92 Å². The predicted molar refractivity (Wildman–Crippen MR) is 45.6 cm³/mol. The van der Waals surface area contributed by atoms with Gasteiger partial charge < -0.3 is 5.11 Å². The summed E-state index contributed by atoms with van der Waals surface area (Å²) in [5.41, 5.74) is -1.02. The second-order valence-corrected chi connectivity index (χ2v) is 4.57. The average Bonchev–Trinajstić information content (AvgIpc) is 2.46. The lowest BCUT2D eigenvalue weighted by Crippen LogP contribution is -2.49. The van der Waals surface area contributed by atoms with Crippen molar-refractivity contribution in [1.82, 2.24) is 0 Å². The average molecular weight is 168 g/mol. The van der Waals surface area contributed by atoms with Crippen LogP contribution >= 0.6 is 0 Å². The minimum absolute atomic E-state index is 0.0706. The van der Waals surface area contributed by atoms with Gasteiger partial charge in [0.25, 0.3) is 0 Å². The number of ketones is 1. The molecule has 2 bridgehead atoms. The first kappa shape index (κ1) is 8.24. The van der Waals surface area contributed by atoms with Crippen molar-refractivity contribution in [2.75, 3.05) is 0 Å². The van der Waals surface area contributed by atoms with E-state index in [1.807, 2.05) is 6.92 Å². The van der Waals surface area contributed by atoms with E-state index in [-0.39, 0.29) is 17.6 Å². The van der Waals surface area contributed by atoms with Crippen molar-refractivity contribution >= 4 is 5.78 Å². The zero-order valence-corrected chi connectivity index (χ0v) is 7.71. The maximum atomic E-state index is 11.7. The van der Waals surface area contributed by atoms with E-state index in [9.17, 15) is 9.90 Å². The summed E-state index contributed by atoms with van der Waals surface area (Å²) < 4.78 is 0. The molecule has 0 aromatic heterocycles. The fraction of sp³-hybridized carbons (Fsp3) is 0.900. The van der Waals surface area contributed by atoms with Crippen LogP contribution in [0.25, 0.3) is 0 Å². The highest BCUT2D eigenvalue weighted by Crippen LogP contribution is 2.48. The standard InChI is InChI=1S/C10H16O2/c1-6-7-3-4-8(5-7)10(2,12)9(6)11/h6-8,12H,3-5H2,1-2H3/t6-,7-,8+,10-/m1/s1. The van der Waals surface area contributed by atoms with Crippen molar-refractivity contribution in [3.8, 4) is 0 Å². The topological polar surface area (TPSA) is 37.3 Å². The molecule has 0 saturated heterocycles. The van der Waals surface area contributed by atoms with Gasteiger partial charge in [0.1, 0.15) is 5.60 Å². The number of Topliss-reactive ketones (excluding diaryl/α,β-unsaturated/α-hetero) is 1. The van der Waals surface area contributed by atoms with Gasteiger partial charge in [0.15, 0.2) is 5.78 Å². The molecule has 2 aliphatic rings. The first-order valence-corrected chi connectivity index (χ1v) is 4.80. The summed E-state index contributed by atoms with van der Waals surface area (Å²) in [6.07, 6.45) is 3.22. The summed E-state index contributed by atoms with van der Waals surface area (Å²) in [6.45, 7) is 3.65. The van der Waals surface area contributed by atoms with Crippen molar-refractivity contribution in [2.24, 2.45) is 17.8 Å². The molecule has 0 spiro atoms. The molecule has 0 radical (unpaired) electrons. The lowest BCUT2D eigenvalue weighted by atomic mass is 9.71. The molecule has 0 aromatic rings. The highest BCUT2D eigenvalue weighted by molar-refractivity contribution is 5.90. The Morgan fingerprint density at radius 1 is 1.50 bits per heavy atom. The van der Waals surface area contributed by atoms with Gasteiger partial charge in [-0.25, -0.2) is 0 Å². The summed E-state index contributed by atoms with van der Waals surface area (Å²) in [4.78, 5) is 11.7. The molecule has 2 saturated carbocycles. The van der Waals surface area contributed by atoms with Crippen LogP contribution in [0.1, 0.15) is 33.1 Å². The molecule has 2 fully saturated rings. The van der Waals surface area contributed by atoms with Crippen LogP contribution in [0.5, 0.6) is 0 Å². The van der Waals surface area contributed by atoms with Crippen LogP contribution in [-0.4, -0.2) is 16.5 Å². The fourth-order valence-corrected chi connectivity index (χ4v) is 2.86. The van der Waals surface area contributed by atoms with Gasteiger partial charge in [-0.1, -0.05) is 6.92 Å². The molecule has 2 heteroatoms. The van der Waals surface area contributed by atoms with Crippen molar-refractivity contribution in [3.05, 3.63) is 0 Å². The lowest BCUT2D eigenvalue weighted by Gasteiger charge is -2.36. The van der Waals surface area contributed by atoms with Gasteiger partial charge in [-0.05, 0) is 38.0 Å². The highest BCUT2D eigenvalue weighted by Gasteiger charge is 2.51. The number of carbonyl (C=O) groups excluding carboxylic acids is 1. The summed E-state index contributed by atoms with van der Waals surface area (Å²) in [5.74, 6) is 0.953. The molecule has 4 atom stereocenters. The smallest absolute Gasteiger partial charge is 0.167 e. The third-order valence-electron chi connectivity index (χ3n) is 3.89. The van der Waals surface area contributed by atoms with Gasteiger partial charge in [-0.15, -0.1) is 0 Å². The van der Waals surface area contributed by atoms with Crippen LogP contribution in [0.2, 0.25) is 0 Å². The van der Waals surface area contributed by atoms with Gasteiger partial charge >= 0.3 is 0 Å². The number of fused-ring (bicyclic) bond motifs is 2. The van der Waals surface area contributed by atoms with Crippen LogP contribution in [0, 0.1) is 17.8 Å². The maximum absolute atomic E-state index is 11.7. The highest BCUT2D eigenvalue weighted by atomic mass is 16.3. The van der Waals surface area contributed by atoms with Crippen LogP contribution in [-0.2, 0) is 4.79 Å². The normalized spacial score (nSPS) is 52.9. The van der Waals surface area contributed by atoms with E-state index in [4.69, 9.17) is 0 Å². The Labute approximate surface area is 73.0 Å². The van der Waals surface area contributed by atoms with Crippen LogP contribution in [0.3, 0.4) is 0 Å². The minimum atomic E-state index is -1.02. The van der Waals surface area contributed by atoms with Crippen LogP contribution in [0.4, 0.5) is 0 Å². The van der Waals surface area contributed by atoms with E-state index in [0.29, 0.717) is 5.92 Å². The first-order valence-electron chi connectivity index (χ1n) is 4.80. The summed E-state index contributed by atoms with van der Waals surface area (Å²) in [6, 6.07) is 0. The molecule has 12 heavy (non-hydrogen) atoms. The molecule has 0 heterocycles. The molecule has 0 aliphatic heterocycles. The van der Waals surface area contributed by atoms with E-state index < -0.39 is 5.60 Å². The predicted octanol–water partition coefficient (Wildman–Crippen LogP) is 1.37. The van der Waals surface area contributed by atoms with Gasteiger partial charge in [-0.3, -0.25) is 4.79 Å². The molecule has 0 amide bonds. The van der Waals surface area contributed by atoms with Crippen molar-refractivity contribution in [1.29, 1.82) is 0 Å². The third-order valence-corrected chi connectivity index (χ3v) is 3.89. The van der Waals surface area contributed by atoms with Crippen LogP contribution < -0.4 is 0 Å². The van der Waals surface area contributed by atoms with Crippen molar-refractivity contribution in [2.45, 2.75) is 38.7 Å². The molecule has 1 N–H and O–H groups in total. The van der Waals surface area contributed by atoms with E-state index in [1.165, 1.54) is 0 Å². The third kappa shape index (κ3) is 0.875. The molecule has 2 nitrogen and oxygen atoms in total. The monoisotopic (exact) mass is 168 g/mol. The maximum Gasteiger partial charge on any atom is 0.167 e. The van der Waals surface area contributed by atoms with E-state index in [1.54, 1.807) is 6.92 Å². The van der Waals surface area contributed by atoms with E-state index in [2.05, 4.69) is 0 Å². The Hall–Kier alpha value is -0.370. The molecular formula is C10H16O2. The number of hydrogen-bond acceptors (Lipinski definition) is 2. The largest absolute Gasteiger partial charge is 0.382 e. The molecule has 68 valence electrons. The van der Waals surface area contributed by atoms with E-state index >= 15 is 0 Å². The van der Waals surface area contributed by atoms with Crippen molar-refractivity contribution in [3.63, 3.8) is 0 Å². The first-order chi connectivity index (χ1) is 5.53. The van der Waals surface area contributed by atoms with Gasteiger partial charge in [-0.2, -0.15) is 0 Å². The molecular weight excluding hydrogens is 152 g/mol. The number of rotatable bonds is 0. The van der Waals surface area contributed by atoms with Crippen LogP contribution in [0.15, 0.2) is 0 Å². The summed E-state index contributed by atoms with van der Waals surface area (Å²) in [7, 11) is 0.